The van der Waals surface area contributed by atoms with E-state index in [0.29, 0.717) is 16.1 Å². The van der Waals surface area contributed by atoms with Gasteiger partial charge in [-0.05, 0) is 30.7 Å². The highest BCUT2D eigenvalue weighted by Gasteiger charge is 2.16. The smallest absolute Gasteiger partial charge is 0.255 e. The first kappa shape index (κ1) is 13.9. The molecular weight excluding hydrogens is 292 g/mol. The Bertz CT molecular complexity index is 599. The van der Waals surface area contributed by atoms with Crippen LogP contribution in [-0.4, -0.2) is 5.91 Å². The molecule has 0 spiro atoms. The summed E-state index contributed by atoms with van der Waals surface area (Å²) in [6.07, 6.45) is 2.72. The number of nitrogens with one attached hydrogen (secondary N) is 1. The van der Waals surface area contributed by atoms with Gasteiger partial charge in [-0.15, -0.1) is 0 Å². The molecule has 1 atom stereocenters. The molecule has 0 aliphatic carbocycles. The van der Waals surface area contributed by atoms with Gasteiger partial charge in [0.1, 0.15) is 12.1 Å². The lowest BCUT2D eigenvalue weighted by Gasteiger charge is -2.15. The van der Waals surface area contributed by atoms with Crippen LogP contribution in [0.3, 0.4) is 0 Å². The first-order chi connectivity index (χ1) is 8.99. The largest absolute Gasteiger partial charge is 0.472 e. The van der Waals surface area contributed by atoms with Gasteiger partial charge in [0.15, 0.2) is 0 Å². The summed E-state index contributed by atoms with van der Waals surface area (Å²) < 4.78 is 18.2. The molecule has 0 aliphatic rings. The number of carbonyl (C=O) groups is 1. The van der Waals surface area contributed by atoms with Crippen LogP contribution < -0.4 is 5.32 Å². The predicted molar refractivity (Wildman–Crippen MR) is 71.0 cm³/mol. The van der Waals surface area contributed by atoms with Crippen LogP contribution in [0, 0.1) is 5.82 Å². The maximum absolute atomic E-state index is 13.4. The summed E-state index contributed by atoms with van der Waals surface area (Å²) in [5.74, 6) is -0.904. The Morgan fingerprint density at radius 1 is 1.37 bits per heavy atom. The van der Waals surface area contributed by atoms with Crippen molar-refractivity contribution < 1.29 is 13.6 Å². The Labute approximate surface area is 119 Å². The molecule has 0 aliphatic heterocycles. The summed E-state index contributed by atoms with van der Waals surface area (Å²) in [6.45, 7) is 1.70. The summed E-state index contributed by atoms with van der Waals surface area (Å²) in [4.78, 5) is 11.8. The highest BCUT2D eigenvalue weighted by Crippen LogP contribution is 2.28. The zero-order valence-corrected chi connectivity index (χ0v) is 11.4. The molecule has 0 saturated heterocycles. The normalized spacial score (nSPS) is 12.2. The lowest BCUT2D eigenvalue weighted by atomic mass is 10.1. The van der Waals surface area contributed by atoms with Crippen molar-refractivity contribution in [2.75, 3.05) is 0 Å². The molecule has 3 nitrogen and oxygen atoms in total. The number of hydrogen-bond acceptors (Lipinski definition) is 2. The van der Waals surface area contributed by atoms with Crippen LogP contribution in [0.4, 0.5) is 4.39 Å². The van der Waals surface area contributed by atoms with E-state index in [-0.39, 0.29) is 10.9 Å². The van der Waals surface area contributed by atoms with E-state index in [1.165, 1.54) is 30.7 Å². The topological polar surface area (TPSA) is 42.2 Å². The zero-order valence-electron chi connectivity index (χ0n) is 9.91. The average molecular weight is 302 g/mol. The average Bonchev–Trinajstić information content (AvgIpc) is 2.87. The lowest BCUT2D eigenvalue weighted by Crippen LogP contribution is -2.26. The summed E-state index contributed by atoms with van der Waals surface area (Å²) in [7, 11) is 0. The Morgan fingerprint density at radius 3 is 2.74 bits per heavy atom. The molecule has 0 saturated carbocycles. The molecule has 1 aromatic heterocycles. The predicted octanol–water partition coefficient (Wildman–Crippen LogP) is 4.22. The van der Waals surface area contributed by atoms with Crippen molar-refractivity contribution in [2.24, 2.45) is 0 Å². The maximum Gasteiger partial charge on any atom is 0.255 e. The Kier molecular flexibility index (Phi) is 4.12. The van der Waals surface area contributed by atoms with Crippen molar-refractivity contribution in [3.05, 3.63) is 57.7 Å². The molecule has 19 heavy (non-hydrogen) atoms. The molecule has 2 aromatic rings. The van der Waals surface area contributed by atoms with Crippen molar-refractivity contribution in [1.82, 2.24) is 5.32 Å². The van der Waals surface area contributed by atoms with Gasteiger partial charge < -0.3 is 9.73 Å². The fourth-order valence-electron chi connectivity index (χ4n) is 1.62. The first-order valence-electron chi connectivity index (χ1n) is 5.46. The molecule has 0 fully saturated rings. The van der Waals surface area contributed by atoms with E-state index in [9.17, 15) is 9.18 Å². The van der Waals surface area contributed by atoms with Gasteiger partial charge >= 0.3 is 0 Å². The van der Waals surface area contributed by atoms with Crippen LogP contribution in [0.15, 0.2) is 35.1 Å². The number of amides is 1. The quantitative estimate of drug-likeness (QED) is 0.863. The molecule has 2 rings (SSSR count). The summed E-state index contributed by atoms with van der Waals surface area (Å²) in [5, 5.41) is 2.94. The second kappa shape index (κ2) is 5.63. The highest BCUT2D eigenvalue weighted by atomic mass is 35.5. The van der Waals surface area contributed by atoms with Gasteiger partial charge in [-0.1, -0.05) is 23.2 Å². The van der Waals surface area contributed by atoms with Crippen molar-refractivity contribution in [3.8, 4) is 0 Å². The summed E-state index contributed by atoms with van der Waals surface area (Å²) in [5.41, 5.74) is 0.845. The van der Waals surface area contributed by atoms with Crippen LogP contribution in [0.5, 0.6) is 0 Å². The molecule has 6 heteroatoms. The number of carbonyl (C=O) groups excluding carboxylic acids is 1. The number of halogens is 3. The van der Waals surface area contributed by atoms with E-state index >= 15 is 0 Å². The molecular formula is C13H10Cl2FNO2. The SMILES string of the molecule is C[C@@H](NC(=O)c1ccoc1)c1cc(F)c(Cl)cc1Cl. The van der Waals surface area contributed by atoms with Crippen LogP contribution in [0.1, 0.15) is 28.9 Å². The van der Waals surface area contributed by atoms with Crippen molar-refractivity contribution in [2.45, 2.75) is 13.0 Å². The monoisotopic (exact) mass is 301 g/mol. The third-order valence-electron chi connectivity index (χ3n) is 2.64. The molecule has 0 bridgehead atoms. The van der Waals surface area contributed by atoms with Gasteiger partial charge in [-0.25, -0.2) is 4.39 Å². The van der Waals surface area contributed by atoms with Crippen LogP contribution in [0.2, 0.25) is 10.0 Å². The molecule has 0 radical (unpaired) electrons. The Morgan fingerprint density at radius 2 is 2.11 bits per heavy atom. The second-order valence-corrected chi connectivity index (χ2v) is 4.81. The number of furan rings is 1. The summed E-state index contributed by atoms with van der Waals surface area (Å²) in [6, 6.07) is 3.60. The molecule has 1 heterocycles. The van der Waals surface area contributed by atoms with E-state index in [4.69, 9.17) is 27.6 Å². The minimum absolute atomic E-state index is 0.0536. The highest BCUT2D eigenvalue weighted by molar-refractivity contribution is 6.35. The van der Waals surface area contributed by atoms with E-state index in [1.807, 2.05) is 0 Å². The van der Waals surface area contributed by atoms with Gasteiger partial charge in [0.2, 0.25) is 0 Å². The minimum Gasteiger partial charge on any atom is -0.472 e. The number of hydrogen-bond donors (Lipinski definition) is 1. The van der Waals surface area contributed by atoms with Gasteiger partial charge in [-0.2, -0.15) is 0 Å². The fraction of sp³-hybridized carbons (Fsp3) is 0.154. The lowest BCUT2D eigenvalue weighted by molar-refractivity contribution is 0.0939. The Hall–Kier alpha value is -1.52. The Balaban J connectivity index is 2.18. The van der Waals surface area contributed by atoms with Gasteiger partial charge in [0, 0.05) is 5.02 Å². The van der Waals surface area contributed by atoms with E-state index in [1.54, 1.807) is 6.92 Å². The van der Waals surface area contributed by atoms with Crippen LogP contribution >= 0.6 is 23.2 Å². The van der Waals surface area contributed by atoms with Crippen molar-refractivity contribution in [1.29, 1.82) is 0 Å². The molecule has 1 aromatic carbocycles. The van der Waals surface area contributed by atoms with Crippen LogP contribution in [-0.2, 0) is 0 Å². The number of benzene rings is 1. The van der Waals surface area contributed by atoms with Gasteiger partial charge in [-0.3, -0.25) is 4.79 Å². The van der Waals surface area contributed by atoms with Gasteiger partial charge in [0.05, 0.1) is 22.9 Å². The third kappa shape index (κ3) is 3.08. The fourth-order valence-corrected chi connectivity index (χ4v) is 2.17. The first-order valence-corrected chi connectivity index (χ1v) is 6.22. The third-order valence-corrected chi connectivity index (χ3v) is 3.25. The maximum atomic E-state index is 13.4. The van der Waals surface area contributed by atoms with E-state index in [2.05, 4.69) is 5.32 Å². The van der Waals surface area contributed by atoms with Crippen molar-refractivity contribution in [3.63, 3.8) is 0 Å². The number of rotatable bonds is 3. The molecule has 0 unspecified atom stereocenters. The second-order valence-electron chi connectivity index (χ2n) is 4.00. The molecule has 1 amide bonds. The molecule has 100 valence electrons. The van der Waals surface area contributed by atoms with Gasteiger partial charge in [0.25, 0.3) is 5.91 Å². The zero-order chi connectivity index (χ0) is 14.0. The van der Waals surface area contributed by atoms with E-state index in [0.717, 1.165) is 0 Å². The molecule has 1 N–H and O–H groups in total. The summed E-state index contributed by atoms with van der Waals surface area (Å²) >= 11 is 11.6. The van der Waals surface area contributed by atoms with Crippen LogP contribution in [0.25, 0.3) is 0 Å². The van der Waals surface area contributed by atoms with Crippen molar-refractivity contribution >= 4 is 29.1 Å². The van der Waals surface area contributed by atoms with E-state index < -0.39 is 11.9 Å². The standard InChI is InChI=1S/C13H10Cl2FNO2/c1-7(17-13(18)8-2-3-19-6-8)9-4-12(16)11(15)5-10(9)14/h2-7H,1H3,(H,17,18)/t7-/m1/s1. The minimum atomic E-state index is -0.578.